The summed E-state index contributed by atoms with van der Waals surface area (Å²) in [6.07, 6.45) is 0. The van der Waals surface area contributed by atoms with E-state index in [0.29, 0.717) is 0 Å². The van der Waals surface area contributed by atoms with Gasteiger partial charge in [0, 0.05) is 16.8 Å². The minimum absolute atomic E-state index is 1.07. The van der Waals surface area contributed by atoms with Crippen LogP contribution in [0.4, 0.5) is 17.1 Å². The zero-order chi connectivity index (χ0) is 45.9. The molecule has 1 nitrogen and oxygen atoms in total. The van der Waals surface area contributed by atoms with E-state index in [1.807, 2.05) is 0 Å². The van der Waals surface area contributed by atoms with Crippen LogP contribution in [-0.4, -0.2) is 0 Å². The Hall–Kier alpha value is -9.04. The first-order valence-corrected chi connectivity index (χ1v) is 23.8. The van der Waals surface area contributed by atoms with E-state index in [2.05, 4.69) is 290 Å². The minimum atomic E-state index is 1.07. The van der Waals surface area contributed by atoms with Crippen molar-refractivity contribution in [3.05, 3.63) is 285 Å². The third-order valence-electron chi connectivity index (χ3n) is 13.5. The summed E-state index contributed by atoms with van der Waals surface area (Å²) in [5, 5.41) is 4.95. The lowest BCUT2D eigenvalue weighted by atomic mass is 9.84. The second-order valence-electron chi connectivity index (χ2n) is 17.6. The topological polar surface area (TPSA) is 3.24 Å². The highest BCUT2D eigenvalue weighted by molar-refractivity contribution is 6.22. The Morgan fingerprint density at radius 2 is 0.580 bits per heavy atom. The van der Waals surface area contributed by atoms with E-state index in [-0.39, 0.29) is 0 Å². The van der Waals surface area contributed by atoms with Crippen LogP contribution < -0.4 is 4.90 Å². The maximum Gasteiger partial charge on any atom is 0.0540 e. The van der Waals surface area contributed by atoms with Crippen molar-refractivity contribution in [1.29, 1.82) is 0 Å². The molecule has 69 heavy (non-hydrogen) atoms. The van der Waals surface area contributed by atoms with Crippen molar-refractivity contribution in [2.75, 3.05) is 4.90 Å². The lowest BCUT2D eigenvalue weighted by Crippen LogP contribution is -2.12. The van der Waals surface area contributed by atoms with Gasteiger partial charge in [0.15, 0.2) is 0 Å². The molecule has 12 rings (SSSR count). The number of nitrogens with zero attached hydrogens (tertiary/aromatic N) is 1. The molecule has 0 amide bonds. The lowest BCUT2D eigenvalue weighted by Gasteiger charge is -2.30. The van der Waals surface area contributed by atoms with E-state index >= 15 is 0 Å². The van der Waals surface area contributed by atoms with Gasteiger partial charge < -0.3 is 4.90 Å². The summed E-state index contributed by atoms with van der Waals surface area (Å²) in [6, 6.07) is 104. The Kier molecular flexibility index (Phi) is 11.0. The van der Waals surface area contributed by atoms with Gasteiger partial charge in [-0.25, -0.2) is 0 Å². The standard InChI is InChI=1S/C68H47N/c1-6-22-48(23-7-1)54-40-44-57(63(46-54)50-26-10-3-11-27-50)51-38-42-56(43-39-51)69(65-36-20-18-32-58(65)49-24-8-2-9-25-49)66-37-21-19-33-59(66)55-41-45-61-60-34-16-17-35-62(60)67(52-28-12-4-13-29-52)68(64(61)47-55)53-30-14-5-15-31-53/h1-47H. The maximum absolute atomic E-state index is 2.45. The molecule has 0 aliphatic heterocycles. The molecule has 0 radical (unpaired) electrons. The molecule has 12 aromatic carbocycles. The summed E-state index contributed by atoms with van der Waals surface area (Å²) in [5.74, 6) is 0. The second-order valence-corrected chi connectivity index (χ2v) is 17.6. The fourth-order valence-corrected chi connectivity index (χ4v) is 10.3. The first kappa shape index (κ1) is 41.4. The summed E-state index contributed by atoms with van der Waals surface area (Å²) in [7, 11) is 0. The molecule has 0 aliphatic rings. The number of anilines is 3. The van der Waals surface area contributed by atoms with Gasteiger partial charge in [-0.2, -0.15) is 0 Å². The zero-order valence-electron chi connectivity index (χ0n) is 38.1. The van der Waals surface area contributed by atoms with Gasteiger partial charge in [-0.3, -0.25) is 0 Å². The van der Waals surface area contributed by atoms with Gasteiger partial charge in [0.25, 0.3) is 0 Å². The molecule has 0 atom stereocenters. The third-order valence-corrected chi connectivity index (χ3v) is 13.5. The van der Waals surface area contributed by atoms with Crippen molar-refractivity contribution >= 4 is 38.6 Å². The molecule has 0 N–H and O–H groups in total. The summed E-state index contributed by atoms with van der Waals surface area (Å²) < 4.78 is 0. The Balaban J connectivity index is 1.06. The molecule has 0 heterocycles. The summed E-state index contributed by atoms with van der Waals surface area (Å²) in [5.41, 5.74) is 19.9. The Labute approximate surface area is 404 Å². The first-order chi connectivity index (χ1) is 34.3. The van der Waals surface area contributed by atoms with Gasteiger partial charge in [-0.15, -0.1) is 0 Å². The van der Waals surface area contributed by atoms with Crippen molar-refractivity contribution < 1.29 is 0 Å². The van der Waals surface area contributed by atoms with Crippen molar-refractivity contribution in [1.82, 2.24) is 0 Å². The van der Waals surface area contributed by atoms with Crippen LogP contribution in [0.25, 0.3) is 99.4 Å². The molecule has 12 aromatic rings. The molecular weight excluding hydrogens is 831 g/mol. The van der Waals surface area contributed by atoms with Crippen LogP contribution in [0, 0.1) is 0 Å². The Bertz CT molecular complexity index is 3730. The van der Waals surface area contributed by atoms with Crippen LogP contribution in [0.3, 0.4) is 0 Å². The molecule has 0 spiro atoms. The second kappa shape index (κ2) is 18.3. The van der Waals surface area contributed by atoms with E-state index < -0.39 is 0 Å². The van der Waals surface area contributed by atoms with Gasteiger partial charge in [-0.05, 0) is 125 Å². The highest BCUT2D eigenvalue weighted by Crippen LogP contribution is 2.49. The molecular formula is C68H47N. The molecule has 0 saturated heterocycles. The van der Waals surface area contributed by atoms with Crippen LogP contribution in [0.5, 0.6) is 0 Å². The normalized spacial score (nSPS) is 11.2. The Morgan fingerprint density at radius 3 is 1.16 bits per heavy atom. The highest BCUT2D eigenvalue weighted by Gasteiger charge is 2.23. The van der Waals surface area contributed by atoms with Gasteiger partial charge >= 0.3 is 0 Å². The predicted octanol–water partition coefficient (Wildman–Crippen LogP) is 19.1. The maximum atomic E-state index is 2.45. The van der Waals surface area contributed by atoms with E-state index in [1.165, 1.54) is 71.6 Å². The van der Waals surface area contributed by atoms with Gasteiger partial charge in [0.1, 0.15) is 0 Å². The van der Waals surface area contributed by atoms with Crippen LogP contribution in [0.2, 0.25) is 0 Å². The fraction of sp³-hybridized carbons (Fsp3) is 0. The van der Waals surface area contributed by atoms with Crippen LogP contribution >= 0.6 is 0 Å². The smallest absolute Gasteiger partial charge is 0.0540 e. The van der Waals surface area contributed by atoms with Crippen molar-refractivity contribution in [2.45, 2.75) is 0 Å². The van der Waals surface area contributed by atoms with E-state index in [9.17, 15) is 0 Å². The molecule has 0 bridgehead atoms. The van der Waals surface area contributed by atoms with E-state index in [1.54, 1.807) is 0 Å². The average molecular weight is 878 g/mol. The summed E-state index contributed by atoms with van der Waals surface area (Å²) in [6.45, 7) is 0. The van der Waals surface area contributed by atoms with Crippen LogP contribution in [0.15, 0.2) is 285 Å². The zero-order valence-corrected chi connectivity index (χ0v) is 38.1. The fourth-order valence-electron chi connectivity index (χ4n) is 10.3. The number of hydrogen-bond donors (Lipinski definition) is 0. The predicted molar refractivity (Wildman–Crippen MR) is 294 cm³/mol. The molecule has 0 saturated carbocycles. The molecule has 324 valence electrons. The Morgan fingerprint density at radius 1 is 0.188 bits per heavy atom. The molecule has 1 heteroatoms. The number of rotatable bonds is 10. The number of fused-ring (bicyclic) bond motifs is 3. The van der Waals surface area contributed by atoms with Gasteiger partial charge in [0.2, 0.25) is 0 Å². The monoisotopic (exact) mass is 877 g/mol. The lowest BCUT2D eigenvalue weighted by molar-refractivity contribution is 1.28. The van der Waals surface area contributed by atoms with Crippen LogP contribution in [0.1, 0.15) is 0 Å². The minimum Gasteiger partial charge on any atom is -0.309 e. The molecule has 0 aromatic heterocycles. The van der Waals surface area contributed by atoms with Crippen LogP contribution in [-0.2, 0) is 0 Å². The quantitative estimate of drug-likeness (QED) is 0.124. The third kappa shape index (κ3) is 7.86. The summed E-state index contributed by atoms with van der Waals surface area (Å²) >= 11 is 0. The van der Waals surface area contributed by atoms with E-state index in [4.69, 9.17) is 0 Å². The van der Waals surface area contributed by atoms with Gasteiger partial charge in [0.05, 0.1) is 11.4 Å². The highest BCUT2D eigenvalue weighted by atomic mass is 15.1. The van der Waals surface area contributed by atoms with Crippen molar-refractivity contribution in [3.63, 3.8) is 0 Å². The van der Waals surface area contributed by atoms with Gasteiger partial charge in [-0.1, -0.05) is 249 Å². The molecule has 0 unspecified atom stereocenters. The molecule has 0 fully saturated rings. The first-order valence-electron chi connectivity index (χ1n) is 23.8. The van der Waals surface area contributed by atoms with Crippen molar-refractivity contribution in [2.24, 2.45) is 0 Å². The number of benzene rings is 12. The number of hydrogen-bond acceptors (Lipinski definition) is 1. The SMILES string of the molecule is c1ccc(-c2ccc(-c3ccc(N(c4ccccc4-c4ccccc4)c4ccccc4-c4ccc5c(c4)c(-c4ccccc4)c(-c4ccccc4)c4ccccc45)cc3)c(-c3ccccc3)c2)cc1. The molecule has 0 aliphatic carbocycles. The van der Waals surface area contributed by atoms with Crippen molar-refractivity contribution in [3.8, 4) is 77.9 Å². The summed E-state index contributed by atoms with van der Waals surface area (Å²) in [4.78, 5) is 2.45. The average Bonchev–Trinajstić information content (AvgIpc) is 3.44. The largest absolute Gasteiger partial charge is 0.309 e. The van der Waals surface area contributed by atoms with E-state index in [0.717, 1.165) is 44.9 Å². The number of para-hydroxylation sites is 2.